The minimum atomic E-state index is -0.721. The second kappa shape index (κ2) is 4.64. The van der Waals surface area contributed by atoms with E-state index in [0.29, 0.717) is 0 Å². The van der Waals surface area contributed by atoms with Gasteiger partial charge in [-0.3, -0.25) is 4.31 Å². The average molecular weight is 238 g/mol. The molecule has 1 saturated heterocycles. The molecule has 1 fully saturated rings. The lowest BCUT2D eigenvalue weighted by molar-refractivity contribution is 0.372. The standard InChI is InChI=1S/C10H26N2S2/c1-13(2,3)11-14(4,5)12-9-7-6-8-10-12/h11H,6-10H2,1-5H3. The fourth-order valence-corrected chi connectivity index (χ4v) is 8.47. The van der Waals surface area contributed by atoms with Gasteiger partial charge in [0.1, 0.15) is 0 Å². The monoisotopic (exact) mass is 238 g/mol. The molecule has 2 nitrogen and oxygen atoms in total. The van der Waals surface area contributed by atoms with Crippen molar-refractivity contribution < 1.29 is 0 Å². The number of nitrogens with zero attached hydrogens (tertiary/aromatic N) is 1. The summed E-state index contributed by atoms with van der Waals surface area (Å²) in [7, 11) is -1.31. The molecule has 0 aliphatic carbocycles. The van der Waals surface area contributed by atoms with E-state index in [0.717, 1.165) is 0 Å². The molecule has 14 heavy (non-hydrogen) atoms. The highest BCUT2D eigenvalue weighted by atomic mass is 32.3. The molecular weight excluding hydrogens is 212 g/mol. The van der Waals surface area contributed by atoms with Gasteiger partial charge in [0.15, 0.2) is 0 Å². The third-order valence-electron chi connectivity index (χ3n) is 2.41. The second-order valence-electron chi connectivity index (χ2n) is 5.18. The maximum Gasteiger partial charge on any atom is 0.00854 e. The molecule has 0 aromatic heterocycles. The van der Waals surface area contributed by atoms with Gasteiger partial charge in [0.2, 0.25) is 0 Å². The van der Waals surface area contributed by atoms with Crippen molar-refractivity contribution in [2.45, 2.75) is 19.3 Å². The predicted molar refractivity (Wildman–Crippen MR) is 73.4 cm³/mol. The van der Waals surface area contributed by atoms with Crippen LogP contribution >= 0.6 is 20.6 Å². The van der Waals surface area contributed by atoms with Crippen LogP contribution in [-0.4, -0.2) is 48.7 Å². The summed E-state index contributed by atoms with van der Waals surface area (Å²) in [4.78, 5) is 0. The van der Waals surface area contributed by atoms with E-state index >= 15 is 0 Å². The molecule has 1 rings (SSSR count). The largest absolute Gasteiger partial charge is 0.256 e. The maximum absolute atomic E-state index is 3.86. The van der Waals surface area contributed by atoms with Crippen LogP contribution in [0.2, 0.25) is 0 Å². The van der Waals surface area contributed by atoms with E-state index < -0.39 is 20.6 Å². The Morgan fingerprint density at radius 3 is 1.79 bits per heavy atom. The first-order chi connectivity index (χ1) is 6.31. The molecule has 0 aromatic carbocycles. The van der Waals surface area contributed by atoms with Gasteiger partial charge in [-0.15, -0.1) is 10.4 Å². The fraction of sp³-hybridized carbons (Fsp3) is 1.00. The highest BCUT2D eigenvalue weighted by Crippen LogP contribution is 2.50. The highest BCUT2D eigenvalue weighted by molar-refractivity contribution is 8.43. The Morgan fingerprint density at radius 2 is 1.36 bits per heavy atom. The number of hydrogen-bond acceptors (Lipinski definition) is 2. The first kappa shape index (κ1) is 12.7. The van der Waals surface area contributed by atoms with Gasteiger partial charge in [0.05, 0.1) is 0 Å². The molecule has 1 heterocycles. The summed E-state index contributed by atoms with van der Waals surface area (Å²) in [6.45, 7) is 2.59. The summed E-state index contributed by atoms with van der Waals surface area (Å²) >= 11 is 0. The summed E-state index contributed by atoms with van der Waals surface area (Å²) in [6, 6.07) is 0. The van der Waals surface area contributed by atoms with Crippen LogP contribution in [0.25, 0.3) is 0 Å². The first-order valence-electron chi connectivity index (χ1n) is 5.26. The molecule has 0 amide bonds. The zero-order chi connectivity index (χ0) is 10.8. The second-order valence-corrected chi connectivity index (χ2v) is 12.6. The van der Waals surface area contributed by atoms with Crippen molar-refractivity contribution in [3.63, 3.8) is 0 Å². The quantitative estimate of drug-likeness (QED) is 0.813. The maximum atomic E-state index is 3.86. The SMILES string of the molecule is CS(C)(C)NS(C)(C)N1CCCCC1. The molecule has 1 N–H and O–H groups in total. The molecule has 0 radical (unpaired) electrons. The molecule has 1 aliphatic heterocycles. The van der Waals surface area contributed by atoms with Crippen molar-refractivity contribution in [2.75, 3.05) is 44.4 Å². The van der Waals surface area contributed by atoms with Gasteiger partial charge in [0.25, 0.3) is 0 Å². The Kier molecular flexibility index (Phi) is 4.21. The molecule has 0 bridgehead atoms. The van der Waals surface area contributed by atoms with Gasteiger partial charge in [-0.1, -0.05) is 6.42 Å². The smallest absolute Gasteiger partial charge is 0.00854 e. The number of piperidine rings is 1. The van der Waals surface area contributed by atoms with E-state index in [1.807, 2.05) is 0 Å². The van der Waals surface area contributed by atoms with E-state index in [1.165, 1.54) is 32.4 Å². The van der Waals surface area contributed by atoms with Crippen LogP contribution < -0.4 is 4.13 Å². The van der Waals surface area contributed by atoms with Crippen LogP contribution in [0.15, 0.2) is 0 Å². The summed E-state index contributed by atoms with van der Waals surface area (Å²) in [5, 5.41) is 0. The Labute approximate surface area is 92.9 Å². The van der Waals surface area contributed by atoms with Gasteiger partial charge in [-0.25, -0.2) is 4.13 Å². The fourth-order valence-electron chi connectivity index (χ4n) is 1.99. The lowest BCUT2D eigenvalue weighted by Gasteiger charge is -2.50. The van der Waals surface area contributed by atoms with Crippen LogP contribution in [0.1, 0.15) is 19.3 Å². The van der Waals surface area contributed by atoms with Crippen LogP contribution in [-0.2, 0) is 0 Å². The van der Waals surface area contributed by atoms with Crippen molar-refractivity contribution in [3.05, 3.63) is 0 Å². The summed E-state index contributed by atoms with van der Waals surface area (Å²) in [5.41, 5.74) is 0. The molecule has 88 valence electrons. The van der Waals surface area contributed by atoms with E-state index in [-0.39, 0.29) is 0 Å². The Morgan fingerprint density at radius 1 is 0.857 bits per heavy atom. The molecular formula is C10H26N2S2. The van der Waals surface area contributed by atoms with Crippen molar-refractivity contribution in [2.24, 2.45) is 0 Å². The van der Waals surface area contributed by atoms with Gasteiger partial charge in [-0.05, 0) is 44.1 Å². The molecule has 0 saturated carbocycles. The summed E-state index contributed by atoms with van der Waals surface area (Å²) < 4.78 is 6.53. The van der Waals surface area contributed by atoms with Crippen LogP contribution in [0.5, 0.6) is 0 Å². The number of hydrogen-bond donors (Lipinski definition) is 1. The molecule has 0 unspecified atom stereocenters. The molecule has 0 atom stereocenters. The zero-order valence-corrected chi connectivity index (χ0v) is 11.9. The molecule has 4 heteroatoms. The van der Waals surface area contributed by atoms with Crippen LogP contribution in [0, 0.1) is 0 Å². The predicted octanol–water partition coefficient (Wildman–Crippen LogP) is 2.57. The molecule has 0 spiro atoms. The van der Waals surface area contributed by atoms with E-state index in [9.17, 15) is 0 Å². The average Bonchev–Trinajstić information content (AvgIpc) is 2.01. The first-order valence-corrected chi connectivity index (χ1v) is 10.5. The lowest BCUT2D eigenvalue weighted by atomic mass is 10.2. The summed E-state index contributed by atoms with van der Waals surface area (Å²) in [6.07, 6.45) is 16.0. The minimum absolute atomic E-state index is 0.586. The normalized spacial score (nSPS) is 23.5. The third-order valence-corrected chi connectivity index (χ3v) is 7.70. The van der Waals surface area contributed by atoms with E-state index in [1.54, 1.807) is 0 Å². The van der Waals surface area contributed by atoms with Crippen LogP contribution in [0.3, 0.4) is 0 Å². The van der Waals surface area contributed by atoms with Gasteiger partial charge in [-0.2, -0.15) is 10.2 Å². The molecule has 0 aromatic rings. The Hall–Kier alpha value is 0.620. The van der Waals surface area contributed by atoms with Crippen molar-refractivity contribution in [1.29, 1.82) is 0 Å². The van der Waals surface area contributed by atoms with Gasteiger partial charge in [0, 0.05) is 13.1 Å². The zero-order valence-electron chi connectivity index (χ0n) is 10.3. The Bertz CT molecular complexity index is 181. The minimum Gasteiger partial charge on any atom is -0.256 e. The lowest BCUT2D eigenvalue weighted by Crippen LogP contribution is -2.39. The third kappa shape index (κ3) is 4.01. The van der Waals surface area contributed by atoms with Gasteiger partial charge < -0.3 is 0 Å². The highest BCUT2D eigenvalue weighted by Gasteiger charge is 2.25. The topological polar surface area (TPSA) is 15.3 Å². The van der Waals surface area contributed by atoms with Crippen LogP contribution in [0.4, 0.5) is 0 Å². The number of rotatable bonds is 3. The Balaban J connectivity index is 2.54. The van der Waals surface area contributed by atoms with E-state index in [2.05, 4.69) is 39.7 Å². The van der Waals surface area contributed by atoms with Gasteiger partial charge >= 0.3 is 0 Å². The summed E-state index contributed by atoms with van der Waals surface area (Å²) in [5.74, 6) is 0. The molecule has 1 aliphatic rings. The van der Waals surface area contributed by atoms with Crippen molar-refractivity contribution >= 4 is 20.6 Å². The van der Waals surface area contributed by atoms with Crippen molar-refractivity contribution in [1.82, 2.24) is 8.43 Å². The van der Waals surface area contributed by atoms with E-state index in [4.69, 9.17) is 0 Å². The number of nitrogens with one attached hydrogen (secondary N) is 1. The van der Waals surface area contributed by atoms with Crippen molar-refractivity contribution in [3.8, 4) is 0 Å².